The van der Waals surface area contributed by atoms with Crippen LogP contribution in [0.2, 0.25) is 0 Å². The van der Waals surface area contributed by atoms with Crippen LogP contribution in [0.4, 0.5) is 11.5 Å². The molecule has 132 valence electrons. The molecule has 0 saturated carbocycles. The zero-order valence-electron chi connectivity index (χ0n) is 14.7. The average Bonchev–Trinajstić information content (AvgIpc) is 2.52. The summed E-state index contributed by atoms with van der Waals surface area (Å²) in [6.45, 7) is 7.28. The number of aryl methyl sites for hydroxylation is 3. The number of anilines is 1. The van der Waals surface area contributed by atoms with E-state index in [9.17, 15) is 14.9 Å². The lowest BCUT2D eigenvalue weighted by molar-refractivity contribution is -0.386. The second kappa shape index (κ2) is 7.74. The molecule has 7 heteroatoms. The summed E-state index contributed by atoms with van der Waals surface area (Å²) >= 11 is 0. The fourth-order valence-electron chi connectivity index (χ4n) is 2.46. The van der Waals surface area contributed by atoms with Crippen LogP contribution in [-0.4, -0.2) is 21.9 Å². The van der Waals surface area contributed by atoms with Gasteiger partial charge in [0.2, 0.25) is 0 Å². The Labute approximate surface area is 146 Å². The van der Waals surface area contributed by atoms with Crippen LogP contribution in [0.5, 0.6) is 5.75 Å². The standard InChI is InChI=1S/C18H21N3O4/c1-5-15(18(22)20-17-10-12(3)8-13(4)19-17)25-16-7-6-11(2)9-14(16)21(23)24/h6-10,15H,5H2,1-4H3,(H,19,20,22). The van der Waals surface area contributed by atoms with Gasteiger partial charge in [0.25, 0.3) is 5.91 Å². The predicted molar refractivity (Wildman–Crippen MR) is 94.9 cm³/mol. The monoisotopic (exact) mass is 343 g/mol. The summed E-state index contributed by atoms with van der Waals surface area (Å²) in [7, 11) is 0. The summed E-state index contributed by atoms with van der Waals surface area (Å²) < 4.78 is 5.62. The lowest BCUT2D eigenvalue weighted by Crippen LogP contribution is -2.33. The Morgan fingerprint density at radius 1 is 1.24 bits per heavy atom. The van der Waals surface area contributed by atoms with Gasteiger partial charge in [-0.05, 0) is 56.5 Å². The number of hydrogen-bond acceptors (Lipinski definition) is 5. The first kappa shape index (κ1) is 18.4. The molecule has 1 aromatic heterocycles. The van der Waals surface area contributed by atoms with E-state index in [1.54, 1.807) is 26.0 Å². The normalized spacial score (nSPS) is 11.7. The maximum absolute atomic E-state index is 12.5. The van der Waals surface area contributed by atoms with Crippen LogP contribution in [0.15, 0.2) is 30.3 Å². The maximum Gasteiger partial charge on any atom is 0.311 e. The Bertz CT molecular complexity index is 785. The quantitative estimate of drug-likeness (QED) is 0.637. The van der Waals surface area contributed by atoms with Crippen molar-refractivity contribution >= 4 is 17.4 Å². The summed E-state index contributed by atoms with van der Waals surface area (Å²) in [5, 5.41) is 13.9. The largest absolute Gasteiger partial charge is 0.473 e. The second-order valence-corrected chi connectivity index (χ2v) is 5.90. The Morgan fingerprint density at radius 2 is 1.96 bits per heavy atom. The Balaban J connectivity index is 2.19. The molecule has 1 amide bonds. The van der Waals surface area contributed by atoms with Crippen molar-refractivity contribution < 1.29 is 14.5 Å². The molecule has 0 bridgehead atoms. The van der Waals surface area contributed by atoms with E-state index in [0.717, 1.165) is 16.8 Å². The van der Waals surface area contributed by atoms with Gasteiger partial charge in [0.05, 0.1) is 4.92 Å². The van der Waals surface area contributed by atoms with Crippen molar-refractivity contribution in [3.63, 3.8) is 0 Å². The number of carbonyl (C=O) groups is 1. The Morgan fingerprint density at radius 3 is 2.56 bits per heavy atom. The fourth-order valence-corrected chi connectivity index (χ4v) is 2.46. The van der Waals surface area contributed by atoms with Gasteiger partial charge in [-0.2, -0.15) is 0 Å². The number of pyridine rings is 1. The van der Waals surface area contributed by atoms with Crippen molar-refractivity contribution in [2.75, 3.05) is 5.32 Å². The molecule has 2 aromatic rings. The molecule has 1 N–H and O–H groups in total. The van der Waals surface area contributed by atoms with Crippen LogP contribution in [0.1, 0.15) is 30.2 Å². The lowest BCUT2D eigenvalue weighted by Gasteiger charge is -2.17. The number of aromatic nitrogens is 1. The molecule has 1 atom stereocenters. The first-order chi connectivity index (χ1) is 11.8. The SMILES string of the molecule is CCC(Oc1ccc(C)cc1[N+](=O)[O-])C(=O)Nc1cc(C)cc(C)n1. The highest BCUT2D eigenvalue weighted by Crippen LogP contribution is 2.29. The van der Waals surface area contributed by atoms with Crippen molar-refractivity contribution in [3.05, 3.63) is 57.3 Å². The van der Waals surface area contributed by atoms with E-state index in [1.165, 1.54) is 12.1 Å². The van der Waals surface area contributed by atoms with Gasteiger partial charge in [-0.1, -0.05) is 13.0 Å². The number of carbonyl (C=O) groups excluding carboxylic acids is 1. The van der Waals surface area contributed by atoms with Crippen LogP contribution in [0, 0.1) is 30.9 Å². The summed E-state index contributed by atoms with van der Waals surface area (Å²) in [6, 6.07) is 8.30. The summed E-state index contributed by atoms with van der Waals surface area (Å²) in [5.41, 5.74) is 2.36. The number of amides is 1. The summed E-state index contributed by atoms with van der Waals surface area (Å²) in [6.07, 6.45) is -0.495. The highest BCUT2D eigenvalue weighted by atomic mass is 16.6. The highest BCUT2D eigenvalue weighted by molar-refractivity contribution is 5.93. The van der Waals surface area contributed by atoms with Gasteiger partial charge in [0.15, 0.2) is 11.9 Å². The van der Waals surface area contributed by atoms with Gasteiger partial charge in [-0.3, -0.25) is 14.9 Å². The number of nitrogens with one attached hydrogen (secondary N) is 1. The minimum absolute atomic E-state index is 0.0750. The smallest absolute Gasteiger partial charge is 0.311 e. The number of nitrogens with zero attached hydrogens (tertiary/aromatic N) is 2. The molecule has 0 spiro atoms. The number of hydrogen-bond donors (Lipinski definition) is 1. The third-order valence-corrected chi connectivity index (χ3v) is 3.59. The molecule has 1 aromatic carbocycles. The van der Waals surface area contributed by atoms with Crippen LogP contribution in [0.3, 0.4) is 0 Å². The van der Waals surface area contributed by atoms with Gasteiger partial charge in [-0.25, -0.2) is 4.98 Å². The van der Waals surface area contributed by atoms with E-state index in [0.29, 0.717) is 12.2 Å². The van der Waals surface area contributed by atoms with Crippen LogP contribution in [0.25, 0.3) is 0 Å². The van der Waals surface area contributed by atoms with E-state index < -0.39 is 16.9 Å². The number of benzene rings is 1. The summed E-state index contributed by atoms with van der Waals surface area (Å²) in [4.78, 5) is 27.4. The molecule has 25 heavy (non-hydrogen) atoms. The molecule has 0 aliphatic heterocycles. The second-order valence-electron chi connectivity index (χ2n) is 5.90. The van der Waals surface area contributed by atoms with E-state index in [4.69, 9.17) is 4.74 Å². The van der Waals surface area contributed by atoms with Gasteiger partial charge in [0, 0.05) is 11.8 Å². The third-order valence-electron chi connectivity index (χ3n) is 3.59. The minimum atomic E-state index is -0.857. The molecule has 2 rings (SSSR count). The molecular formula is C18H21N3O4. The molecule has 0 radical (unpaired) electrons. The minimum Gasteiger partial charge on any atom is -0.473 e. The van der Waals surface area contributed by atoms with E-state index >= 15 is 0 Å². The van der Waals surface area contributed by atoms with Gasteiger partial charge < -0.3 is 10.1 Å². The maximum atomic E-state index is 12.5. The van der Waals surface area contributed by atoms with Crippen molar-refractivity contribution in [2.24, 2.45) is 0 Å². The summed E-state index contributed by atoms with van der Waals surface area (Å²) in [5.74, 6) is 0.115. The van der Waals surface area contributed by atoms with E-state index in [-0.39, 0.29) is 11.4 Å². The zero-order valence-corrected chi connectivity index (χ0v) is 14.7. The van der Waals surface area contributed by atoms with Crippen molar-refractivity contribution in [1.82, 2.24) is 4.98 Å². The van der Waals surface area contributed by atoms with Gasteiger partial charge in [0.1, 0.15) is 5.82 Å². The molecular weight excluding hydrogens is 322 g/mol. The van der Waals surface area contributed by atoms with E-state index in [1.807, 2.05) is 19.9 Å². The highest BCUT2D eigenvalue weighted by Gasteiger charge is 2.24. The molecule has 0 aliphatic carbocycles. The molecule has 7 nitrogen and oxygen atoms in total. The molecule has 1 unspecified atom stereocenters. The number of nitro benzene ring substituents is 1. The number of nitro groups is 1. The zero-order chi connectivity index (χ0) is 18.6. The number of rotatable bonds is 6. The fraction of sp³-hybridized carbons (Fsp3) is 0.333. The van der Waals surface area contributed by atoms with Gasteiger partial charge >= 0.3 is 5.69 Å². The topological polar surface area (TPSA) is 94.4 Å². The first-order valence-corrected chi connectivity index (χ1v) is 7.98. The van der Waals surface area contributed by atoms with Crippen molar-refractivity contribution in [2.45, 2.75) is 40.2 Å². The third kappa shape index (κ3) is 4.76. The Kier molecular flexibility index (Phi) is 5.69. The lowest BCUT2D eigenvalue weighted by atomic mass is 10.2. The van der Waals surface area contributed by atoms with Crippen molar-refractivity contribution in [3.8, 4) is 5.75 Å². The Hall–Kier alpha value is -2.96. The van der Waals surface area contributed by atoms with Gasteiger partial charge in [-0.15, -0.1) is 0 Å². The molecule has 0 saturated heterocycles. The first-order valence-electron chi connectivity index (χ1n) is 7.98. The molecule has 0 aliphatic rings. The number of ether oxygens (including phenoxy) is 1. The van der Waals surface area contributed by atoms with E-state index in [2.05, 4.69) is 10.3 Å². The molecule has 0 fully saturated rings. The van der Waals surface area contributed by atoms with Crippen molar-refractivity contribution in [1.29, 1.82) is 0 Å². The average molecular weight is 343 g/mol. The van der Waals surface area contributed by atoms with Crippen LogP contribution < -0.4 is 10.1 Å². The predicted octanol–water partition coefficient (Wildman–Crippen LogP) is 3.71. The van der Waals surface area contributed by atoms with Crippen LogP contribution in [-0.2, 0) is 4.79 Å². The van der Waals surface area contributed by atoms with Crippen LogP contribution >= 0.6 is 0 Å². The molecule has 1 heterocycles.